The molecule has 1 unspecified atom stereocenters. The second kappa shape index (κ2) is 5.26. The lowest BCUT2D eigenvalue weighted by molar-refractivity contribution is 0.0876. The van der Waals surface area contributed by atoms with Gasteiger partial charge in [-0.2, -0.15) is 0 Å². The summed E-state index contributed by atoms with van der Waals surface area (Å²) in [4.78, 5) is 0.171. The number of hydrogen-bond donors (Lipinski definition) is 2. The van der Waals surface area contributed by atoms with E-state index < -0.39 is 10.0 Å². The quantitative estimate of drug-likeness (QED) is 0.865. The Hall–Kier alpha value is -1.11. The van der Waals surface area contributed by atoms with E-state index in [-0.39, 0.29) is 10.9 Å². The molecule has 5 nitrogen and oxygen atoms in total. The number of ether oxygens (including phenoxy) is 1. The van der Waals surface area contributed by atoms with Crippen LogP contribution >= 0.6 is 0 Å². The van der Waals surface area contributed by atoms with Gasteiger partial charge >= 0.3 is 0 Å². The SMILES string of the molecule is Cc1ccc(NC2CCCOC2)cc1S(N)(=O)=O. The number of aryl methyl sites for hydroxylation is 1. The summed E-state index contributed by atoms with van der Waals surface area (Å²) in [6.45, 7) is 3.18. The van der Waals surface area contributed by atoms with Crippen LogP contribution in [0.1, 0.15) is 18.4 Å². The number of primary sulfonamides is 1. The van der Waals surface area contributed by atoms with Gasteiger partial charge in [-0.1, -0.05) is 6.07 Å². The molecule has 3 N–H and O–H groups in total. The fourth-order valence-electron chi connectivity index (χ4n) is 2.09. The minimum atomic E-state index is -3.67. The Bertz CT molecular complexity index is 522. The smallest absolute Gasteiger partial charge is 0.238 e. The lowest BCUT2D eigenvalue weighted by Gasteiger charge is -2.24. The number of benzene rings is 1. The average Bonchev–Trinajstić information content (AvgIpc) is 2.31. The van der Waals surface area contributed by atoms with E-state index in [1.54, 1.807) is 19.1 Å². The van der Waals surface area contributed by atoms with Gasteiger partial charge in [0.15, 0.2) is 0 Å². The number of sulfonamides is 1. The minimum absolute atomic E-state index is 0.171. The topological polar surface area (TPSA) is 81.4 Å². The van der Waals surface area contributed by atoms with Crippen LogP contribution in [0.3, 0.4) is 0 Å². The van der Waals surface area contributed by atoms with E-state index in [1.807, 2.05) is 6.07 Å². The molecule has 1 aliphatic rings. The van der Waals surface area contributed by atoms with Crippen LogP contribution in [0.15, 0.2) is 23.1 Å². The summed E-state index contributed by atoms with van der Waals surface area (Å²) in [5, 5.41) is 8.45. The summed E-state index contributed by atoms with van der Waals surface area (Å²) in [5.74, 6) is 0. The number of nitrogens with two attached hydrogens (primary N) is 1. The third-order valence-electron chi connectivity index (χ3n) is 3.03. The van der Waals surface area contributed by atoms with E-state index in [0.29, 0.717) is 12.2 Å². The second-order valence-corrected chi connectivity index (χ2v) is 6.11. The van der Waals surface area contributed by atoms with Crippen molar-refractivity contribution < 1.29 is 13.2 Å². The number of anilines is 1. The maximum atomic E-state index is 11.4. The fourth-order valence-corrected chi connectivity index (χ4v) is 2.89. The van der Waals surface area contributed by atoms with Crippen molar-refractivity contribution in [3.05, 3.63) is 23.8 Å². The molecule has 0 radical (unpaired) electrons. The van der Waals surface area contributed by atoms with Crippen LogP contribution in [-0.2, 0) is 14.8 Å². The van der Waals surface area contributed by atoms with Crippen molar-refractivity contribution >= 4 is 15.7 Å². The van der Waals surface area contributed by atoms with Gasteiger partial charge in [-0.25, -0.2) is 13.6 Å². The third kappa shape index (κ3) is 3.22. The number of rotatable bonds is 3. The van der Waals surface area contributed by atoms with Gasteiger partial charge < -0.3 is 10.1 Å². The van der Waals surface area contributed by atoms with Crippen molar-refractivity contribution in [2.24, 2.45) is 5.14 Å². The van der Waals surface area contributed by atoms with Crippen LogP contribution in [0.5, 0.6) is 0 Å². The highest BCUT2D eigenvalue weighted by Gasteiger charge is 2.16. The average molecular weight is 270 g/mol. The molecular weight excluding hydrogens is 252 g/mol. The Morgan fingerprint density at radius 2 is 2.22 bits per heavy atom. The molecule has 1 heterocycles. The van der Waals surface area contributed by atoms with Crippen molar-refractivity contribution in [1.29, 1.82) is 0 Å². The van der Waals surface area contributed by atoms with E-state index in [1.165, 1.54) is 0 Å². The summed E-state index contributed by atoms with van der Waals surface area (Å²) in [5.41, 5.74) is 1.42. The van der Waals surface area contributed by atoms with Crippen molar-refractivity contribution in [3.8, 4) is 0 Å². The van der Waals surface area contributed by atoms with Crippen molar-refractivity contribution in [1.82, 2.24) is 0 Å². The van der Waals surface area contributed by atoms with Crippen LogP contribution in [-0.4, -0.2) is 27.7 Å². The van der Waals surface area contributed by atoms with Gasteiger partial charge in [-0.15, -0.1) is 0 Å². The van der Waals surface area contributed by atoms with Crippen molar-refractivity contribution in [2.75, 3.05) is 18.5 Å². The summed E-state index contributed by atoms with van der Waals surface area (Å²) in [6, 6.07) is 5.43. The predicted molar refractivity (Wildman–Crippen MR) is 70.0 cm³/mol. The molecule has 1 saturated heterocycles. The van der Waals surface area contributed by atoms with Gasteiger partial charge in [-0.3, -0.25) is 0 Å². The highest BCUT2D eigenvalue weighted by atomic mass is 32.2. The molecule has 1 aliphatic heterocycles. The highest BCUT2D eigenvalue weighted by Crippen LogP contribution is 2.21. The Kier molecular flexibility index (Phi) is 3.89. The molecule has 6 heteroatoms. The summed E-state index contributed by atoms with van der Waals surface area (Å²) < 4.78 is 28.2. The van der Waals surface area contributed by atoms with E-state index in [0.717, 1.165) is 25.1 Å². The van der Waals surface area contributed by atoms with Gasteiger partial charge in [0.25, 0.3) is 0 Å². The standard InChI is InChI=1S/C12H18N2O3S/c1-9-4-5-10(7-12(9)18(13,15)16)14-11-3-2-6-17-8-11/h4-5,7,11,14H,2-3,6,8H2,1H3,(H2,13,15,16). The van der Waals surface area contributed by atoms with Crippen LogP contribution in [0.25, 0.3) is 0 Å². The monoisotopic (exact) mass is 270 g/mol. The van der Waals surface area contributed by atoms with Crippen LogP contribution in [0.4, 0.5) is 5.69 Å². The Morgan fingerprint density at radius 1 is 1.44 bits per heavy atom. The first-order valence-electron chi connectivity index (χ1n) is 5.94. The molecule has 0 aromatic heterocycles. The normalized spacial score (nSPS) is 20.7. The van der Waals surface area contributed by atoms with Crippen LogP contribution in [0, 0.1) is 6.92 Å². The lowest BCUT2D eigenvalue weighted by atomic mass is 10.1. The van der Waals surface area contributed by atoms with Gasteiger partial charge in [0.1, 0.15) is 0 Å². The highest BCUT2D eigenvalue weighted by molar-refractivity contribution is 7.89. The summed E-state index contributed by atoms with van der Waals surface area (Å²) in [7, 11) is -3.67. The first-order valence-corrected chi connectivity index (χ1v) is 7.49. The summed E-state index contributed by atoms with van der Waals surface area (Å²) in [6.07, 6.45) is 2.05. The molecule has 0 saturated carbocycles. The molecule has 0 aliphatic carbocycles. The zero-order valence-corrected chi connectivity index (χ0v) is 11.2. The largest absolute Gasteiger partial charge is 0.380 e. The molecule has 100 valence electrons. The maximum absolute atomic E-state index is 11.4. The number of hydrogen-bond acceptors (Lipinski definition) is 4. The molecule has 0 amide bonds. The first-order chi connectivity index (χ1) is 8.47. The third-order valence-corrected chi connectivity index (χ3v) is 4.08. The Morgan fingerprint density at radius 3 is 2.83 bits per heavy atom. The van der Waals surface area contributed by atoms with Gasteiger partial charge in [0.05, 0.1) is 11.5 Å². The molecule has 1 atom stereocenters. The molecule has 0 spiro atoms. The van der Waals surface area contributed by atoms with E-state index >= 15 is 0 Å². The van der Waals surface area contributed by atoms with Gasteiger partial charge in [-0.05, 0) is 37.5 Å². The van der Waals surface area contributed by atoms with E-state index in [2.05, 4.69) is 5.32 Å². The Labute approximate surface area is 107 Å². The minimum Gasteiger partial charge on any atom is -0.380 e. The lowest BCUT2D eigenvalue weighted by Crippen LogP contribution is -2.30. The number of nitrogens with one attached hydrogen (secondary N) is 1. The van der Waals surface area contributed by atoms with Gasteiger partial charge in [0.2, 0.25) is 10.0 Å². The fraction of sp³-hybridized carbons (Fsp3) is 0.500. The van der Waals surface area contributed by atoms with Crippen molar-refractivity contribution in [3.63, 3.8) is 0 Å². The first kappa shape index (κ1) is 13.3. The molecule has 1 aromatic carbocycles. The zero-order chi connectivity index (χ0) is 13.2. The molecular formula is C12H18N2O3S. The summed E-state index contributed by atoms with van der Waals surface area (Å²) >= 11 is 0. The van der Waals surface area contributed by atoms with Crippen LogP contribution < -0.4 is 10.5 Å². The molecule has 2 rings (SSSR count). The predicted octanol–water partition coefficient (Wildman–Crippen LogP) is 1.23. The second-order valence-electron chi connectivity index (χ2n) is 4.58. The molecule has 0 bridgehead atoms. The zero-order valence-electron chi connectivity index (χ0n) is 10.3. The van der Waals surface area contributed by atoms with Crippen LogP contribution in [0.2, 0.25) is 0 Å². The van der Waals surface area contributed by atoms with E-state index in [4.69, 9.17) is 9.88 Å². The molecule has 1 aromatic rings. The van der Waals surface area contributed by atoms with E-state index in [9.17, 15) is 8.42 Å². The molecule has 18 heavy (non-hydrogen) atoms. The Balaban J connectivity index is 2.19. The van der Waals surface area contributed by atoms with Crippen molar-refractivity contribution in [2.45, 2.75) is 30.7 Å². The maximum Gasteiger partial charge on any atom is 0.238 e. The van der Waals surface area contributed by atoms with Gasteiger partial charge in [0, 0.05) is 18.3 Å². The molecule has 1 fully saturated rings.